The molecule has 0 spiro atoms. The zero-order chi connectivity index (χ0) is 10.3. The van der Waals surface area contributed by atoms with Gasteiger partial charge in [0.25, 0.3) is 0 Å². The quantitative estimate of drug-likeness (QED) is 0.655. The molecule has 0 aromatic carbocycles. The van der Waals surface area contributed by atoms with Crippen molar-refractivity contribution >= 4 is 11.8 Å². The molecule has 2 aliphatic rings. The van der Waals surface area contributed by atoms with Gasteiger partial charge in [0.2, 0.25) is 11.8 Å². The average molecular weight is 197 g/mol. The summed E-state index contributed by atoms with van der Waals surface area (Å²) in [7, 11) is 0. The number of aliphatic hydroxyl groups is 1. The van der Waals surface area contributed by atoms with Crippen molar-refractivity contribution in [3.05, 3.63) is 0 Å². The summed E-state index contributed by atoms with van der Waals surface area (Å²) in [5.41, 5.74) is 0. The molecule has 1 saturated carbocycles. The third kappa shape index (κ3) is 1.10. The van der Waals surface area contributed by atoms with Crippen LogP contribution in [0.1, 0.15) is 26.2 Å². The summed E-state index contributed by atoms with van der Waals surface area (Å²) in [6, 6.07) is -0.305. The number of hydrogen-bond acceptors (Lipinski definition) is 3. The SMILES string of the molecule is CC[C@@H](CO)N1C(=O)[C@H]2CC[C@H]2C1=O. The highest BCUT2D eigenvalue weighted by molar-refractivity contribution is 6.06. The summed E-state index contributed by atoms with van der Waals surface area (Å²) in [6.45, 7) is 1.76. The molecular weight excluding hydrogens is 182 g/mol. The van der Waals surface area contributed by atoms with E-state index < -0.39 is 0 Å². The first kappa shape index (κ1) is 9.65. The molecule has 2 fully saturated rings. The minimum absolute atomic E-state index is 0.0628. The molecule has 4 nitrogen and oxygen atoms in total. The Morgan fingerprint density at radius 3 is 2.14 bits per heavy atom. The Hall–Kier alpha value is -0.900. The van der Waals surface area contributed by atoms with E-state index in [-0.39, 0.29) is 36.3 Å². The lowest BCUT2D eigenvalue weighted by molar-refractivity contribution is -0.143. The monoisotopic (exact) mass is 197 g/mol. The van der Waals surface area contributed by atoms with Crippen LogP contribution in [-0.4, -0.2) is 34.5 Å². The third-order valence-electron chi connectivity index (χ3n) is 3.43. The number of amides is 2. The Kier molecular flexibility index (Phi) is 2.31. The molecule has 0 aromatic rings. The number of nitrogens with zero attached hydrogens (tertiary/aromatic N) is 1. The zero-order valence-electron chi connectivity index (χ0n) is 8.27. The molecule has 4 heteroatoms. The molecule has 2 rings (SSSR count). The Bertz CT molecular complexity index is 251. The Balaban J connectivity index is 2.18. The molecular formula is C10H15NO3. The highest BCUT2D eigenvalue weighted by Gasteiger charge is 2.54. The van der Waals surface area contributed by atoms with Crippen molar-refractivity contribution in [2.24, 2.45) is 11.8 Å². The van der Waals surface area contributed by atoms with Crippen LogP contribution >= 0.6 is 0 Å². The van der Waals surface area contributed by atoms with Crippen LogP contribution in [0.25, 0.3) is 0 Å². The molecule has 3 atom stereocenters. The lowest BCUT2D eigenvalue weighted by Gasteiger charge is -2.24. The lowest BCUT2D eigenvalue weighted by atomic mass is 9.76. The summed E-state index contributed by atoms with van der Waals surface area (Å²) in [5.74, 6) is -0.259. The van der Waals surface area contributed by atoms with Gasteiger partial charge in [-0.3, -0.25) is 14.5 Å². The topological polar surface area (TPSA) is 57.6 Å². The maximum Gasteiger partial charge on any atom is 0.233 e. The van der Waals surface area contributed by atoms with Crippen molar-refractivity contribution in [2.75, 3.05) is 6.61 Å². The van der Waals surface area contributed by atoms with Gasteiger partial charge < -0.3 is 5.11 Å². The highest BCUT2D eigenvalue weighted by atomic mass is 16.3. The molecule has 2 amide bonds. The molecule has 14 heavy (non-hydrogen) atoms. The first-order valence-corrected chi connectivity index (χ1v) is 5.18. The van der Waals surface area contributed by atoms with E-state index in [1.807, 2.05) is 6.92 Å². The standard InChI is InChI=1S/C10H15NO3/c1-2-6(5-12)11-9(13)7-3-4-8(7)10(11)14/h6-8,12H,2-5H2,1H3/t6-,7-,8+/m0/s1. The predicted molar refractivity (Wildman–Crippen MR) is 49.2 cm³/mol. The second kappa shape index (κ2) is 3.35. The van der Waals surface area contributed by atoms with Gasteiger partial charge in [-0.15, -0.1) is 0 Å². The molecule has 1 aliphatic heterocycles. The van der Waals surface area contributed by atoms with E-state index in [9.17, 15) is 9.59 Å². The van der Waals surface area contributed by atoms with Crippen molar-refractivity contribution in [3.8, 4) is 0 Å². The molecule has 78 valence electrons. The number of carbonyl (C=O) groups is 2. The van der Waals surface area contributed by atoms with E-state index in [0.717, 1.165) is 12.8 Å². The van der Waals surface area contributed by atoms with Crippen LogP contribution in [0.5, 0.6) is 0 Å². The molecule has 1 N–H and O–H groups in total. The minimum atomic E-state index is -0.305. The van der Waals surface area contributed by atoms with Crippen molar-refractivity contribution in [1.29, 1.82) is 0 Å². The fraction of sp³-hybridized carbons (Fsp3) is 0.800. The fourth-order valence-electron chi connectivity index (χ4n) is 2.31. The Morgan fingerprint density at radius 1 is 1.36 bits per heavy atom. The minimum Gasteiger partial charge on any atom is -0.394 e. The molecule has 0 bridgehead atoms. The molecule has 1 aliphatic carbocycles. The third-order valence-corrected chi connectivity index (χ3v) is 3.43. The molecule has 0 radical (unpaired) electrons. The number of hydrogen-bond donors (Lipinski definition) is 1. The van der Waals surface area contributed by atoms with Gasteiger partial charge >= 0.3 is 0 Å². The first-order valence-electron chi connectivity index (χ1n) is 5.18. The number of fused-ring (bicyclic) bond motifs is 1. The van der Waals surface area contributed by atoms with Gasteiger partial charge in [0.15, 0.2) is 0 Å². The second-order valence-electron chi connectivity index (χ2n) is 4.08. The van der Waals surface area contributed by atoms with Crippen LogP contribution in [0.15, 0.2) is 0 Å². The Labute approximate surface area is 82.9 Å². The van der Waals surface area contributed by atoms with Gasteiger partial charge in [-0.2, -0.15) is 0 Å². The number of imide groups is 1. The predicted octanol–water partition coefficient (Wildman–Crippen LogP) is 0.152. The van der Waals surface area contributed by atoms with Crippen LogP contribution in [0, 0.1) is 11.8 Å². The largest absolute Gasteiger partial charge is 0.394 e. The normalized spacial score (nSPS) is 32.9. The summed E-state index contributed by atoms with van der Waals surface area (Å²) in [4.78, 5) is 24.8. The van der Waals surface area contributed by atoms with E-state index in [0.29, 0.717) is 6.42 Å². The van der Waals surface area contributed by atoms with Crippen LogP contribution in [0.4, 0.5) is 0 Å². The van der Waals surface area contributed by atoms with Gasteiger partial charge in [0.1, 0.15) is 0 Å². The summed E-state index contributed by atoms with van der Waals surface area (Å²) < 4.78 is 0. The number of carbonyl (C=O) groups excluding carboxylic acids is 2. The van der Waals surface area contributed by atoms with Crippen LogP contribution in [-0.2, 0) is 9.59 Å². The number of rotatable bonds is 3. The molecule has 0 aromatic heterocycles. The molecule has 1 heterocycles. The van der Waals surface area contributed by atoms with E-state index >= 15 is 0 Å². The van der Waals surface area contributed by atoms with Crippen molar-refractivity contribution in [3.63, 3.8) is 0 Å². The van der Waals surface area contributed by atoms with Crippen molar-refractivity contribution in [1.82, 2.24) is 4.90 Å². The smallest absolute Gasteiger partial charge is 0.233 e. The maximum atomic E-state index is 11.7. The summed E-state index contributed by atoms with van der Waals surface area (Å²) >= 11 is 0. The maximum absolute atomic E-state index is 11.7. The zero-order valence-corrected chi connectivity index (χ0v) is 8.27. The second-order valence-corrected chi connectivity index (χ2v) is 4.08. The van der Waals surface area contributed by atoms with Gasteiger partial charge in [0, 0.05) is 0 Å². The Morgan fingerprint density at radius 2 is 1.86 bits per heavy atom. The average Bonchev–Trinajstić information content (AvgIpc) is 2.25. The molecule has 0 unspecified atom stereocenters. The van der Waals surface area contributed by atoms with E-state index in [1.165, 1.54) is 4.90 Å². The van der Waals surface area contributed by atoms with Gasteiger partial charge in [0.05, 0.1) is 24.5 Å². The number of likely N-dealkylation sites (tertiary alicyclic amines) is 1. The fourth-order valence-corrected chi connectivity index (χ4v) is 2.31. The van der Waals surface area contributed by atoms with Crippen LogP contribution in [0.3, 0.4) is 0 Å². The summed E-state index contributed by atoms with van der Waals surface area (Å²) in [6.07, 6.45) is 2.31. The van der Waals surface area contributed by atoms with Crippen LogP contribution < -0.4 is 0 Å². The van der Waals surface area contributed by atoms with Gasteiger partial charge in [-0.05, 0) is 19.3 Å². The van der Waals surface area contributed by atoms with Crippen LogP contribution in [0.2, 0.25) is 0 Å². The van der Waals surface area contributed by atoms with E-state index in [2.05, 4.69) is 0 Å². The highest BCUT2D eigenvalue weighted by Crippen LogP contribution is 2.43. The molecule has 1 saturated heterocycles. The summed E-state index contributed by atoms with van der Waals surface area (Å²) in [5, 5.41) is 9.07. The van der Waals surface area contributed by atoms with Gasteiger partial charge in [-0.25, -0.2) is 0 Å². The number of aliphatic hydroxyl groups excluding tert-OH is 1. The van der Waals surface area contributed by atoms with Crippen molar-refractivity contribution in [2.45, 2.75) is 32.2 Å². The van der Waals surface area contributed by atoms with E-state index in [4.69, 9.17) is 5.11 Å². The van der Waals surface area contributed by atoms with E-state index in [1.54, 1.807) is 0 Å². The van der Waals surface area contributed by atoms with Crippen molar-refractivity contribution < 1.29 is 14.7 Å². The lowest BCUT2D eigenvalue weighted by Crippen LogP contribution is -2.42. The first-order chi connectivity index (χ1) is 6.70. The van der Waals surface area contributed by atoms with Gasteiger partial charge in [-0.1, -0.05) is 6.92 Å².